The summed E-state index contributed by atoms with van der Waals surface area (Å²) < 4.78 is 5.42. The Morgan fingerprint density at radius 1 is 1.15 bits per heavy atom. The predicted molar refractivity (Wildman–Crippen MR) is 100 cm³/mol. The molecule has 0 unspecified atom stereocenters. The SMILES string of the molecule is O=C(N1C[C@@H](CO)[C@@H](CN2CCOCC2)C1)C1(c2ccc(Cl)cc2)CC1. The second kappa shape index (κ2) is 7.47. The Morgan fingerprint density at radius 2 is 1.81 bits per heavy atom. The van der Waals surface area contributed by atoms with Crippen LogP contribution in [0.25, 0.3) is 0 Å². The number of ether oxygens (including phenoxy) is 1. The topological polar surface area (TPSA) is 53.0 Å². The lowest BCUT2D eigenvalue weighted by molar-refractivity contribution is -0.133. The van der Waals surface area contributed by atoms with Gasteiger partial charge in [0.2, 0.25) is 5.91 Å². The first kappa shape index (κ1) is 18.2. The zero-order valence-corrected chi connectivity index (χ0v) is 15.8. The van der Waals surface area contributed by atoms with Crippen LogP contribution >= 0.6 is 11.6 Å². The zero-order chi connectivity index (χ0) is 18.1. The molecule has 1 N–H and O–H groups in total. The third-order valence-electron chi connectivity index (χ3n) is 6.25. The first-order valence-corrected chi connectivity index (χ1v) is 9.96. The lowest BCUT2D eigenvalue weighted by Gasteiger charge is -2.30. The van der Waals surface area contributed by atoms with Gasteiger partial charge in [-0.3, -0.25) is 9.69 Å². The van der Waals surface area contributed by atoms with Crippen LogP contribution in [0.5, 0.6) is 0 Å². The Hall–Kier alpha value is -1.14. The molecule has 5 nitrogen and oxygen atoms in total. The Morgan fingerprint density at radius 3 is 2.42 bits per heavy atom. The Labute approximate surface area is 159 Å². The molecule has 1 aromatic carbocycles. The van der Waals surface area contributed by atoms with Gasteiger partial charge in [-0.25, -0.2) is 0 Å². The van der Waals surface area contributed by atoms with E-state index in [9.17, 15) is 9.90 Å². The fraction of sp³-hybridized carbons (Fsp3) is 0.650. The molecule has 2 heterocycles. The predicted octanol–water partition coefficient (Wildman–Crippen LogP) is 1.77. The summed E-state index contributed by atoms with van der Waals surface area (Å²) in [6.45, 7) is 5.93. The number of likely N-dealkylation sites (tertiary alicyclic amines) is 1. The molecule has 1 aromatic rings. The monoisotopic (exact) mass is 378 g/mol. The van der Waals surface area contributed by atoms with E-state index in [0.717, 1.165) is 57.8 Å². The largest absolute Gasteiger partial charge is 0.396 e. The molecule has 1 aliphatic carbocycles. The highest BCUT2D eigenvalue weighted by Crippen LogP contribution is 2.50. The van der Waals surface area contributed by atoms with Crippen molar-refractivity contribution in [2.24, 2.45) is 11.8 Å². The van der Waals surface area contributed by atoms with E-state index in [4.69, 9.17) is 16.3 Å². The van der Waals surface area contributed by atoms with Gasteiger partial charge in [0.1, 0.15) is 0 Å². The number of benzene rings is 1. The van der Waals surface area contributed by atoms with Crippen molar-refractivity contribution >= 4 is 17.5 Å². The smallest absolute Gasteiger partial charge is 0.233 e. The van der Waals surface area contributed by atoms with Crippen LogP contribution in [-0.4, -0.2) is 73.4 Å². The van der Waals surface area contributed by atoms with E-state index in [1.165, 1.54) is 0 Å². The van der Waals surface area contributed by atoms with Gasteiger partial charge < -0.3 is 14.7 Å². The molecule has 2 atom stereocenters. The van der Waals surface area contributed by atoms with Gasteiger partial charge in [0.15, 0.2) is 0 Å². The molecule has 0 radical (unpaired) electrons. The summed E-state index contributed by atoms with van der Waals surface area (Å²) in [6, 6.07) is 7.70. The average Bonchev–Trinajstić information content (AvgIpc) is 3.38. The molecule has 4 rings (SSSR count). The quantitative estimate of drug-likeness (QED) is 0.848. The maximum atomic E-state index is 13.3. The summed E-state index contributed by atoms with van der Waals surface area (Å²) in [5.41, 5.74) is 0.711. The molecule has 0 spiro atoms. The second-order valence-corrected chi connectivity index (χ2v) is 8.35. The third kappa shape index (κ3) is 3.50. The van der Waals surface area contributed by atoms with E-state index in [2.05, 4.69) is 4.90 Å². The number of aliphatic hydroxyl groups excluding tert-OH is 1. The van der Waals surface area contributed by atoms with Crippen LogP contribution in [0.2, 0.25) is 5.02 Å². The van der Waals surface area contributed by atoms with Crippen molar-refractivity contribution in [3.8, 4) is 0 Å². The van der Waals surface area contributed by atoms with Gasteiger partial charge >= 0.3 is 0 Å². The van der Waals surface area contributed by atoms with Gasteiger partial charge in [0.25, 0.3) is 0 Å². The first-order chi connectivity index (χ1) is 12.6. The van der Waals surface area contributed by atoms with Crippen LogP contribution in [0.1, 0.15) is 18.4 Å². The number of aliphatic hydroxyl groups is 1. The van der Waals surface area contributed by atoms with Crippen molar-refractivity contribution in [2.45, 2.75) is 18.3 Å². The Bertz CT molecular complexity index is 641. The molecule has 2 saturated heterocycles. The molecule has 0 bridgehead atoms. The van der Waals surface area contributed by atoms with Crippen LogP contribution in [0.3, 0.4) is 0 Å². The van der Waals surface area contributed by atoms with E-state index in [0.29, 0.717) is 17.5 Å². The van der Waals surface area contributed by atoms with Gasteiger partial charge in [-0.1, -0.05) is 23.7 Å². The second-order valence-electron chi connectivity index (χ2n) is 7.91. The lowest BCUT2D eigenvalue weighted by atomic mass is 9.94. The van der Waals surface area contributed by atoms with Gasteiger partial charge in [-0.2, -0.15) is 0 Å². The summed E-state index contributed by atoms with van der Waals surface area (Å²) >= 11 is 6.00. The van der Waals surface area contributed by atoms with Gasteiger partial charge in [-0.15, -0.1) is 0 Å². The summed E-state index contributed by atoms with van der Waals surface area (Å²) in [4.78, 5) is 17.7. The van der Waals surface area contributed by atoms with Crippen molar-refractivity contribution < 1.29 is 14.6 Å². The number of hydrogen-bond donors (Lipinski definition) is 1. The minimum Gasteiger partial charge on any atom is -0.396 e. The van der Waals surface area contributed by atoms with Gasteiger partial charge in [0.05, 0.1) is 18.6 Å². The highest BCUT2D eigenvalue weighted by Gasteiger charge is 2.54. The van der Waals surface area contributed by atoms with Crippen molar-refractivity contribution in [1.82, 2.24) is 9.80 Å². The molecule has 3 fully saturated rings. The fourth-order valence-corrected chi connectivity index (χ4v) is 4.58. The van der Waals surface area contributed by atoms with Crippen molar-refractivity contribution in [1.29, 1.82) is 0 Å². The molecule has 1 saturated carbocycles. The molecular formula is C20H27ClN2O3. The normalized spacial score (nSPS) is 28.3. The first-order valence-electron chi connectivity index (χ1n) is 9.59. The maximum Gasteiger partial charge on any atom is 0.233 e. The van der Waals surface area contributed by atoms with Gasteiger partial charge in [-0.05, 0) is 36.5 Å². The number of halogens is 1. The van der Waals surface area contributed by atoms with Crippen LogP contribution < -0.4 is 0 Å². The molecule has 142 valence electrons. The highest BCUT2D eigenvalue weighted by molar-refractivity contribution is 6.30. The third-order valence-corrected chi connectivity index (χ3v) is 6.50. The minimum atomic E-state index is -0.363. The van der Waals surface area contributed by atoms with E-state index in [1.54, 1.807) is 0 Å². The zero-order valence-electron chi connectivity index (χ0n) is 15.1. The van der Waals surface area contributed by atoms with Crippen LogP contribution in [-0.2, 0) is 14.9 Å². The molecule has 2 aliphatic heterocycles. The number of rotatable bonds is 5. The van der Waals surface area contributed by atoms with Crippen LogP contribution in [0.4, 0.5) is 0 Å². The minimum absolute atomic E-state index is 0.146. The number of carbonyl (C=O) groups is 1. The van der Waals surface area contributed by atoms with E-state index in [1.807, 2.05) is 29.2 Å². The summed E-state index contributed by atoms with van der Waals surface area (Å²) in [7, 11) is 0. The van der Waals surface area contributed by atoms with Crippen molar-refractivity contribution in [2.75, 3.05) is 52.5 Å². The number of nitrogens with zero attached hydrogens (tertiary/aromatic N) is 2. The molecule has 1 amide bonds. The highest BCUT2D eigenvalue weighted by atomic mass is 35.5. The number of carbonyl (C=O) groups excluding carboxylic acids is 1. The summed E-state index contributed by atoms with van der Waals surface area (Å²) in [5, 5.41) is 10.5. The standard InChI is InChI=1S/C20H27ClN2O3/c21-18-3-1-17(2-4-18)20(5-6-20)19(25)23-12-15(16(13-23)14-24)11-22-7-9-26-10-8-22/h1-4,15-16,24H,5-14H2/t15-,16-/m0/s1. The Balaban J connectivity index is 1.44. The van der Waals surface area contributed by atoms with E-state index < -0.39 is 0 Å². The molecule has 6 heteroatoms. The number of morpholine rings is 1. The molecule has 26 heavy (non-hydrogen) atoms. The van der Waals surface area contributed by atoms with E-state index in [-0.39, 0.29) is 23.8 Å². The number of hydrogen-bond acceptors (Lipinski definition) is 4. The number of amides is 1. The Kier molecular flexibility index (Phi) is 5.24. The van der Waals surface area contributed by atoms with Crippen molar-refractivity contribution in [3.63, 3.8) is 0 Å². The summed E-state index contributed by atoms with van der Waals surface area (Å²) in [6.07, 6.45) is 1.81. The molecule has 3 aliphatic rings. The van der Waals surface area contributed by atoms with Crippen molar-refractivity contribution in [3.05, 3.63) is 34.9 Å². The van der Waals surface area contributed by atoms with Crippen LogP contribution in [0, 0.1) is 11.8 Å². The average molecular weight is 379 g/mol. The molecule has 0 aromatic heterocycles. The molecular weight excluding hydrogens is 352 g/mol. The maximum absolute atomic E-state index is 13.3. The summed E-state index contributed by atoms with van der Waals surface area (Å²) in [5.74, 6) is 0.730. The van der Waals surface area contributed by atoms with E-state index >= 15 is 0 Å². The van der Waals surface area contributed by atoms with Gasteiger partial charge in [0, 0.05) is 50.3 Å². The van der Waals surface area contributed by atoms with Crippen LogP contribution in [0.15, 0.2) is 24.3 Å². The fourth-order valence-electron chi connectivity index (χ4n) is 4.46. The lowest BCUT2D eigenvalue weighted by Crippen LogP contribution is -2.42.